The Morgan fingerprint density at radius 2 is 2.12 bits per heavy atom. The van der Waals surface area contributed by atoms with Crippen LogP contribution in [0.2, 0.25) is 0 Å². The molecule has 0 bridgehead atoms. The average Bonchev–Trinajstić information content (AvgIpc) is 2.38. The quantitative estimate of drug-likeness (QED) is 0.863. The fourth-order valence-electron chi connectivity index (χ4n) is 2.40. The van der Waals surface area contributed by atoms with Gasteiger partial charge in [0.2, 0.25) is 0 Å². The van der Waals surface area contributed by atoms with Crippen LogP contribution in [0.3, 0.4) is 0 Å². The van der Waals surface area contributed by atoms with E-state index in [1.54, 1.807) is 0 Å². The summed E-state index contributed by atoms with van der Waals surface area (Å²) in [5.41, 5.74) is 1.42. The SMILES string of the molecule is CN(C)c1cc(CCC2CCNCC2)ccn1. The van der Waals surface area contributed by atoms with Gasteiger partial charge in [0.15, 0.2) is 0 Å². The number of hydrogen-bond acceptors (Lipinski definition) is 3. The fourth-order valence-corrected chi connectivity index (χ4v) is 2.40. The number of pyridine rings is 1. The molecule has 3 heteroatoms. The van der Waals surface area contributed by atoms with Crippen LogP contribution in [-0.4, -0.2) is 32.2 Å². The summed E-state index contributed by atoms with van der Waals surface area (Å²) in [6.45, 7) is 2.40. The Kier molecular flexibility index (Phi) is 4.37. The predicted molar refractivity (Wildman–Crippen MR) is 72.5 cm³/mol. The lowest BCUT2D eigenvalue weighted by atomic mass is 9.91. The smallest absolute Gasteiger partial charge is 0.128 e. The molecule has 0 saturated carbocycles. The summed E-state index contributed by atoms with van der Waals surface area (Å²) in [6, 6.07) is 4.36. The molecule has 1 saturated heterocycles. The molecule has 0 spiro atoms. The number of piperidine rings is 1. The number of anilines is 1. The van der Waals surface area contributed by atoms with Gasteiger partial charge in [0.05, 0.1) is 0 Å². The fraction of sp³-hybridized carbons (Fsp3) is 0.643. The van der Waals surface area contributed by atoms with E-state index in [9.17, 15) is 0 Å². The minimum absolute atomic E-state index is 0.909. The standard InChI is InChI=1S/C14H23N3/c1-17(2)14-11-13(7-10-16-14)4-3-12-5-8-15-9-6-12/h7,10-12,15H,3-6,8-9H2,1-2H3. The van der Waals surface area contributed by atoms with Gasteiger partial charge in [-0.2, -0.15) is 0 Å². The molecule has 1 aliphatic heterocycles. The highest BCUT2D eigenvalue weighted by Crippen LogP contribution is 2.19. The highest BCUT2D eigenvalue weighted by atomic mass is 15.1. The highest BCUT2D eigenvalue weighted by molar-refractivity contribution is 5.39. The van der Waals surface area contributed by atoms with Crippen molar-refractivity contribution in [1.82, 2.24) is 10.3 Å². The Hall–Kier alpha value is -1.09. The molecule has 2 heterocycles. The van der Waals surface area contributed by atoms with Crippen LogP contribution in [-0.2, 0) is 6.42 Å². The van der Waals surface area contributed by atoms with Crippen LogP contribution in [0.1, 0.15) is 24.8 Å². The zero-order valence-electron chi connectivity index (χ0n) is 10.9. The summed E-state index contributed by atoms with van der Waals surface area (Å²) in [5, 5.41) is 3.42. The van der Waals surface area contributed by atoms with E-state index in [1.165, 1.54) is 44.3 Å². The molecule has 1 aromatic rings. The monoisotopic (exact) mass is 233 g/mol. The lowest BCUT2D eigenvalue weighted by molar-refractivity contribution is 0.354. The first-order chi connectivity index (χ1) is 8.25. The molecule has 0 aliphatic carbocycles. The molecule has 94 valence electrons. The molecular formula is C14H23N3. The molecule has 0 unspecified atom stereocenters. The maximum absolute atomic E-state index is 4.35. The number of nitrogens with zero attached hydrogens (tertiary/aromatic N) is 2. The summed E-state index contributed by atoms with van der Waals surface area (Å²) in [6.07, 6.45) is 7.11. The zero-order valence-corrected chi connectivity index (χ0v) is 10.9. The van der Waals surface area contributed by atoms with E-state index in [1.807, 2.05) is 20.3 Å². The number of rotatable bonds is 4. The first-order valence-electron chi connectivity index (χ1n) is 6.58. The van der Waals surface area contributed by atoms with Crippen molar-refractivity contribution >= 4 is 5.82 Å². The van der Waals surface area contributed by atoms with Crippen LogP contribution in [0.5, 0.6) is 0 Å². The number of nitrogens with one attached hydrogen (secondary N) is 1. The number of aryl methyl sites for hydroxylation is 1. The summed E-state index contributed by atoms with van der Waals surface area (Å²) in [4.78, 5) is 6.41. The Labute approximate surface area is 104 Å². The number of aromatic nitrogens is 1. The van der Waals surface area contributed by atoms with Crippen LogP contribution in [0.15, 0.2) is 18.3 Å². The second-order valence-electron chi connectivity index (χ2n) is 5.15. The minimum atomic E-state index is 0.909. The zero-order chi connectivity index (χ0) is 12.1. The van der Waals surface area contributed by atoms with Crippen LogP contribution in [0.4, 0.5) is 5.82 Å². The molecule has 0 amide bonds. The molecule has 2 rings (SSSR count). The summed E-state index contributed by atoms with van der Waals surface area (Å²) >= 11 is 0. The molecule has 0 radical (unpaired) electrons. The van der Waals surface area contributed by atoms with Gasteiger partial charge in [0.25, 0.3) is 0 Å². The Bertz CT molecular complexity index is 343. The molecule has 17 heavy (non-hydrogen) atoms. The van der Waals surface area contributed by atoms with Crippen molar-refractivity contribution in [3.8, 4) is 0 Å². The topological polar surface area (TPSA) is 28.2 Å². The second-order valence-corrected chi connectivity index (χ2v) is 5.15. The highest BCUT2D eigenvalue weighted by Gasteiger charge is 2.12. The molecule has 0 atom stereocenters. The van der Waals surface area contributed by atoms with Gasteiger partial charge in [-0.25, -0.2) is 4.98 Å². The third-order valence-electron chi connectivity index (χ3n) is 3.57. The van der Waals surface area contributed by atoms with Gasteiger partial charge >= 0.3 is 0 Å². The molecule has 0 aromatic carbocycles. The predicted octanol–water partition coefficient (Wildman–Crippen LogP) is 2.08. The number of hydrogen-bond donors (Lipinski definition) is 1. The van der Waals surface area contributed by atoms with Crippen molar-refractivity contribution < 1.29 is 0 Å². The van der Waals surface area contributed by atoms with Gasteiger partial charge in [-0.1, -0.05) is 0 Å². The Morgan fingerprint density at radius 3 is 2.82 bits per heavy atom. The molecule has 1 fully saturated rings. The second kappa shape index (κ2) is 6.01. The Morgan fingerprint density at radius 1 is 1.35 bits per heavy atom. The van der Waals surface area contributed by atoms with E-state index in [0.29, 0.717) is 0 Å². The van der Waals surface area contributed by atoms with E-state index in [0.717, 1.165) is 11.7 Å². The first-order valence-corrected chi connectivity index (χ1v) is 6.58. The van der Waals surface area contributed by atoms with Gasteiger partial charge < -0.3 is 10.2 Å². The molecular weight excluding hydrogens is 210 g/mol. The van der Waals surface area contributed by atoms with Gasteiger partial charge in [-0.05, 0) is 62.4 Å². The van der Waals surface area contributed by atoms with Gasteiger partial charge in [0.1, 0.15) is 5.82 Å². The first kappa shape index (κ1) is 12.4. The Balaban J connectivity index is 1.87. The van der Waals surface area contributed by atoms with Crippen LogP contribution >= 0.6 is 0 Å². The lowest BCUT2D eigenvalue weighted by Gasteiger charge is -2.22. The van der Waals surface area contributed by atoms with Crippen molar-refractivity contribution in [2.24, 2.45) is 5.92 Å². The van der Waals surface area contributed by atoms with Gasteiger partial charge in [0, 0.05) is 20.3 Å². The normalized spacial score (nSPS) is 17.1. The molecule has 1 aliphatic rings. The van der Waals surface area contributed by atoms with Crippen molar-refractivity contribution in [2.75, 3.05) is 32.1 Å². The van der Waals surface area contributed by atoms with Crippen molar-refractivity contribution in [1.29, 1.82) is 0 Å². The third-order valence-corrected chi connectivity index (χ3v) is 3.57. The third kappa shape index (κ3) is 3.70. The average molecular weight is 233 g/mol. The largest absolute Gasteiger partial charge is 0.363 e. The van der Waals surface area contributed by atoms with Gasteiger partial charge in [-0.3, -0.25) is 0 Å². The minimum Gasteiger partial charge on any atom is -0.363 e. The van der Waals surface area contributed by atoms with E-state index < -0.39 is 0 Å². The van der Waals surface area contributed by atoms with Crippen LogP contribution in [0, 0.1) is 5.92 Å². The van der Waals surface area contributed by atoms with Gasteiger partial charge in [-0.15, -0.1) is 0 Å². The van der Waals surface area contributed by atoms with E-state index in [2.05, 4.69) is 27.3 Å². The summed E-state index contributed by atoms with van der Waals surface area (Å²) < 4.78 is 0. The van der Waals surface area contributed by atoms with E-state index in [-0.39, 0.29) is 0 Å². The maximum Gasteiger partial charge on any atom is 0.128 e. The summed E-state index contributed by atoms with van der Waals surface area (Å²) in [5.74, 6) is 1.97. The van der Waals surface area contributed by atoms with E-state index >= 15 is 0 Å². The van der Waals surface area contributed by atoms with Crippen LogP contribution in [0.25, 0.3) is 0 Å². The van der Waals surface area contributed by atoms with E-state index in [4.69, 9.17) is 0 Å². The summed E-state index contributed by atoms with van der Waals surface area (Å²) in [7, 11) is 4.08. The van der Waals surface area contributed by atoms with Crippen molar-refractivity contribution in [3.63, 3.8) is 0 Å². The lowest BCUT2D eigenvalue weighted by Crippen LogP contribution is -2.27. The van der Waals surface area contributed by atoms with Crippen molar-refractivity contribution in [2.45, 2.75) is 25.7 Å². The van der Waals surface area contributed by atoms with Crippen LogP contribution < -0.4 is 10.2 Å². The maximum atomic E-state index is 4.35. The van der Waals surface area contributed by atoms with Crippen molar-refractivity contribution in [3.05, 3.63) is 23.9 Å². The molecule has 1 N–H and O–H groups in total. The molecule has 1 aromatic heterocycles. The molecule has 3 nitrogen and oxygen atoms in total.